The number of nitrogens with zero attached hydrogens (tertiary/aromatic N) is 3. The number of hydrogen-bond acceptors (Lipinski definition) is 4. The van der Waals surface area contributed by atoms with Gasteiger partial charge in [0.15, 0.2) is 5.78 Å². The lowest BCUT2D eigenvalue weighted by atomic mass is 9.98. The number of aryl methyl sites for hydroxylation is 1. The topological polar surface area (TPSA) is 50.2 Å². The molecule has 2 aromatic carbocycles. The van der Waals surface area contributed by atoms with Crippen LogP contribution in [0.2, 0.25) is 0 Å². The number of hydrogen-bond donors (Lipinski definition) is 1. The molecule has 2 fully saturated rings. The summed E-state index contributed by atoms with van der Waals surface area (Å²) < 4.78 is 2.28. The number of aromatic nitrogens is 2. The van der Waals surface area contributed by atoms with Crippen LogP contribution in [0.3, 0.4) is 0 Å². The number of fused-ring (bicyclic) bond motifs is 1. The van der Waals surface area contributed by atoms with Crippen LogP contribution in [0.15, 0.2) is 48.5 Å². The van der Waals surface area contributed by atoms with E-state index >= 15 is 0 Å². The van der Waals surface area contributed by atoms with Crippen LogP contribution < -0.4 is 5.32 Å². The summed E-state index contributed by atoms with van der Waals surface area (Å²) in [4.78, 5) is 20.4. The molecule has 2 aliphatic heterocycles. The zero-order valence-electron chi connectivity index (χ0n) is 17.8. The van der Waals surface area contributed by atoms with Gasteiger partial charge in [0, 0.05) is 18.2 Å². The van der Waals surface area contributed by atoms with Gasteiger partial charge < -0.3 is 9.88 Å². The molecule has 2 saturated heterocycles. The fourth-order valence-electron chi connectivity index (χ4n) is 5.35. The van der Waals surface area contributed by atoms with Crippen molar-refractivity contribution in [2.75, 3.05) is 19.6 Å². The van der Waals surface area contributed by atoms with Gasteiger partial charge in [0.1, 0.15) is 5.82 Å². The van der Waals surface area contributed by atoms with E-state index < -0.39 is 0 Å². The van der Waals surface area contributed by atoms with Crippen molar-refractivity contribution >= 4 is 16.8 Å². The standard InChI is InChI=1S/C25H30N4O/c1-17(29-18(2)27-22-6-3-4-7-23(22)29)19-9-11-20(12-10-19)25(30)24-8-5-15-28(24)21-13-14-26-16-21/h3-4,6-7,9-12,17,21,24,26H,5,8,13-16H2,1-2H3/t17-,21?,24?/m1/s1. The first-order valence-corrected chi connectivity index (χ1v) is 11.2. The molecule has 2 aliphatic rings. The van der Waals surface area contributed by atoms with Crippen LogP contribution in [0, 0.1) is 6.92 Å². The van der Waals surface area contributed by atoms with Gasteiger partial charge in [-0.3, -0.25) is 9.69 Å². The van der Waals surface area contributed by atoms with Crippen LogP contribution in [-0.2, 0) is 0 Å². The highest BCUT2D eigenvalue weighted by Gasteiger charge is 2.36. The normalized spacial score (nSPS) is 23.3. The highest BCUT2D eigenvalue weighted by molar-refractivity contribution is 6.00. The Labute approximate surface area is 178 Å². The van der Waals surface area contributed by atoms with Gasteiger partial charge in [0.25, 0.3) is 0 Å². The number of likely N-dealkylation sites (tertiary alicyclic amines) is 1. The number of imidazole rings is 1. The third-order valence-corrected chi connectivity index (χ3v) is 6.94. The van der Waals surface area contributed by atoms with Gasteiger partial charge in [-0.05, 0) is 63.9 Å². The fraction of sp³-hybridized carbons (Fsp3) is 0.440. The summed E-state index contributed by atoms with van der Waals surface area (Å²) in [7, 11) is 0. The maximum absolute atomic E-state index is 13.3. The maximum atomic E-state index is 13.3. The van der Waals surface area contributed by atoms with E-state index in [-0.39, 0.29) is 17.9 Å². The van der Waals surface area contributed by atoms with Crippen molar-refractivity contribution in [1.82, 2.24) is 19.8 Å². The Balaban J connectivity index is 1.37. The predicted octanol–water partition coefficient (Wildman–Crippen LogP) is 3.96. The number of Topliss-reactive ketones (excluding diaryl/α,β-unsaturated/α-hetero) is 1. The van der Waals surface area contributed by atoms with Gasteiger partial charge in [0.05, 0.1) is 23.1 Å². The van der Waals surface area contributed by atoms with Crippen LogP contribution in [0.1, 0.15) is 54.0 Å². The van der Waals surface area contributed by atoms with E-state index in [0.29, 0.717) is 6.04 Å². The van der Waals surface area contributed by atoms with Crippen molar-refractivity contribution in [3.8, 4) is 0 Å². The molecule has 5 heteroatoms. The molecule has 30 heavy (non-hydrogen) atoms. The SMILES string of the molecule is Cc1nc2ccccc2n1[C@H](C)c1ccc(C(=O)C2CCCN2C2CCNC2)cc1. The second-order valence-corrected chi connectivity index (χ2v) is 8.72. The highest BCUT2D eigenvalue weighted by atomic mass is 16.1. The summed E-state index contributed by atoms with van der Waals surface area (Å²) >= 11 is 0. The van der Waals surface area contributed by atoms with Gasteiger partial charge >= 0.3 is 0 Å². The summed E-state index contributed by atoms with van der Waals surface area (Å²) in [6, 6.07) is 17.2. The fourth-order valence-corrected chi connectivity index (χ4v) is 5.35. The smallest absolute Gasteiger partial charge is 0.179 e. The Bertz CT molecular complexity index is 1050. The molecule has 0 spiro atoms. The minimum absolute atomic E-state index is 0.0398. The molecule has 3 atom stereocenters. The lowest BCUT2D eigenvalue weighted by Gasteiger charge is -2.29. The van der Waals surface area contributed by atoms with E-state index in [9.17, 15) is 4.79 Å². The molecule has 1 aromatic heterocycles. The van der Waals surface area contributed by atoms with Crippen molar-refractivity contribution in [2.24, 2.45) is 0 Å². The molecular formula is C25H30N4O. The Hall–Kier alpha value is -2.50. The molecule has 5 nitrogen and oxygen atoms in total. The lowest BCUT2D eigenvalue weighted by Crippen LogP contribution is -2.44. The third kappa shape index (κ3) is 3.36. The van der Waals surface area contributed by atoms with Gasteiger partial charge in [-0.2, -0.15) is 0 Å². The third-order valence-electron chi connectivity index (χ3n) is 6.94. The monoisotopic (exact) mass is 402 g/mol. The largest absolute Gasteiger partial charge is 0.321 e. The predicted molar refractivity (Wildman–Crippen MR) is 120 cm³/mol. The summed E-state index contributed by atoms with van der Waals surface area (Å²) in [5.41, 5.74) is 4.20. The van der Waals surface area contributed by atoms with Crippen LogP contribution >= 0.6 is 0 Å². The van der Waals surface area contributed by atoms with E-state index in [1.807, 2.05) is 18.2 Å². The molecule has 0 aliphatic carbocycles. The van der Waals surface area contributed by atoms with E-state index in [1.54, 1.807) is 0 Å². The van der Waals surface area contributed by atoms with E-state index in [0.717, 1.165) is 61.3 Å². The number of carbonyl (C=O) groups excluding carboxylic acids is 1. The first-order chi connectivity index (χ1) is 14.6. The Kier molecular flexibility index (Phi) is 5.17. The highest BCUT2D eigenvalue weighted by Crippen LogP contribution is 2.28. The number of benzene rings is 2. The molecular weight excluding hydrogens is 372 g/mol. The summed E-state index contributed by atoms with van der Waals surface area (Å²) in [6.45, 7) is 7.38. The molecule has 0 saturated carbocycles. The average molecular weight is 403 g/mol. The van der Waals surface area contributed by atoms with Crippen molar-refractivity contribution in [3.05, 3.63) is 65.5 Å². The molecule has 3 aromatic rings. The van der Waals surface area contributed by atoms with Crippen LogP contribution in [-0.4, -0.2) is 52.0 Å². The van der Waals surface area contributed by atoms with Crippen molar-refractivity contribution in [2.45, 2.75) is 51.2 Å². The Morgan fingerprint density at radius 2 is 1.93 bits per heavy atom. The Morgan fingerprint density at radius 1 is 1.13 bits per heavy atom. The number of rotatable bonds is 5. The molecule has 0 radical (unpaired) electrons. The molecule has 3 heterocycles. The van der Waals surface area contributed by atoms with Crippen molar-refractivity contribution in [1.29, 1.82) is 0 Å². The van der Waals surface area contributed by atoms with E-state index in [4.69, 9.17) is 4.98 Å². The minimum atomic E-state index is 0.0398. The Morgan fingerprint density at radius 3 is 2.70 bits per heavy atom. The van der Waals surface area contributed by atoms with Gasteiger partial charge in [-0.1, -0.05) is 36.4 Å². The number of para-hydroxylation sites is 2. The first-order valence-electron chi connectivity index (χ1n) is 11.2. The van der Waals surface area contributed by atoms with Crippen LogP contribution in [0.25, 0.3) is 11.0 Å². The maximum Gasteiger partial charge on any atom is 0.179 e. The second kappa shape index (κ2) is 7.97. The van der Waals surface area contributed by atoms with E-state index in [1.165, 1.54) is 5.56 Å². The summed E-state index contributed by atoms with van der Waals surface area (Å²) in [5, 5.41) is 3.44. The van der Waals surface area contributed by atoms with Gasteiger partial charge in [-0.25, -0.2) is 4.98 Å². The van der Waals surface area contributed by atoms with Crippen molar-refractivity contribution < 1.29 is 4.79 Å². The molecule has 0 bridgehead atoms. The first kappa shape index (κ1) is 19.5. The zero-order chi connectivity index (χ0) is 20.7. The zero-order valence-corrected chi connectivity index (χ0v) is 17.8. The van der Waals surface area contributed by atoms with Crippen molar-refractivity contribution in [3.63, 3.8) is 0 Å². The van der Waals surface area contributed by atoms with Crippen LogP contribution in [0.4, 0.5) is 0 Å². The molecule has 0 amide bonds. The van der Waals surface area contributed by atoms with E-state index in [2.05, 4.69) is 59.0 Å². The molecule has 5 rings (SSSR count). The number of carbonyl (C=O) groups is 1. The number of nitrogens with one attached hydrogen (secondary N) is 1. The molecule has 2 unspecified atom stereocenters. The van der Waals surface area contributed by atoms with Gasteiger partial charge in [0.2, 0.25) is 0 Å². The minimum Gasteiger partial charge on any atom is -0.321 e. The summed E-state index contributed by atoms with van der Waals surface area (Å²) in [5.74, 6) is 1.29. The second-order valence-electron chi connectivity index (χ2n) is 8.72. The lowest BCUT2D eigenvalue weighted by molar-refractivity contribution is 0.0826. The quantitative estimate of drug-likeness (QED) is 0.656. The van der Waals surface area contributed by atoms with Crippen LogP contribution in [0.5, 0.6) is 0 Å². The number of ketones is 1. The summed E-state index contributed by atoms with van der Waals surface area (Å²) in [6.07, 6.45) is 3.25. The average Bonchev–Trinajstić information content (AvgIpc) is 3.51. The molecule has 1 N–H and O–H groups in total. The molecule has 156 valence electrons. The van der Waals surface area contributed by atoms with Gasteiger partial charge in [-0.15, -0.1) is 0 Å².